The first kappa shape index (κ1) is 13.9. The van der Waals surface area contributed by atoms with Crippen LogP contribution in [0.25, 0.3) is 22.0 Å². The van der Waals surface area contributed by atoms with Crippen LogP contribution in [0.5, 0.6) is 0 Å². The number of rotatable bonds is 2. The highest BCUT2D eigenvalue weighted by Crippen LogP contribution is 2.42. The van der Waals surface area contributed by atoms with Crippen molar-refractivity contribution in [1.82, 2.24) is 4.98 Å². The molecule has 0 radical (unpaired) electrons. The summed E-state index contributed by atoms with van der Waals surface area (Å²) in [7, 11) is 0. The van der Waals surface area contributed by atoms with E-state index in [0.29, 0.717) is 11.3 Å². The van der Waals surface area contributed by atoms with Crippen LogP contribution >= 0.6 is 11.8 Å². The van der Waals surface area contributed by atoms with Gasteiger partial charge in [-0.05, 0) is 46.8 Å². The van der Waals surface area contributed by atoms with E-state index in [9.17, 15) is 13.2 Å². The van der Waals surface area contributed by atoms with Crippen molar-refractivity contribution in [2.75, 3.05) is 0 Å². The molecule has 2 aromatic carbocycles. The third kappa shape index (κ3) is 3.19. The number of aromatic nitrogens is 1. The van der Waals surface area contributed by atoms with E-state index < -0.39 is 5.51 Å². The minimum Gasteiger partial charge on any atom is -0.256 e. The van der Waals surface area contributed by atoms with Crippen LogP contribution in [0.2, 0.25) is 0 Å². The van der Waals surface area contributed by atoms with Gasteiger partial charge in [0.15, 0.2) is 0 Å². The maximum atomic E-state index is 12.8. The predicted molar refractivity (Wildman–Crippen MR) is 79.1 cm³/mol. The molecule has 0 aliphatic rings. The molecule has 3 aromatic rings. The number of halogens is 3. The lowest BCUT2D eigenvalue weighted by molar-refractivity contribution is -0.0327. The van der Waals surface area contributed by atoms with Crippen molar-refractivity contribution in [3.63, 3.8) is 0 Å². The van der Waals surface area contributed by atoms with Gasteiger partial charge in [-0.2, -0.15) is 13.2 Å². The summed E-state index contributed by atoms with van der Waals surface area (Å²) in [4.78, 5) is 4.33. The predicted octanol–water partition coefficient (Wildman–Crippen LogP) is 5.51. The Balaban J connectivity index is 2.22. The lowest BCUT2D eigenvalue weighted by Gasteiger charge is -2.12. The van der Waals surface area contributed by atoms with Crippen LogP contribution in [-0.2, 0) is 0 Å². The molecule has 0 atom stereocenters. The minimum atomic E-state index is -4.33. The Morgan fingerprint density at radius 1 is 0.857 bits per heavy atom. The number of thioether (sulfide) groups is 1. The maximum Gasteiger partial charge on any atom is 0.446 e. The van der Waals surface area contributed by atoms with Crippen LogP contribution < -0.4 is 0 Å². The first-order valence-corrected chi connectivity index (χ1v) is 7.04. The Kier molecular flexibility index (Phi) is 3.59. The maximum absolute atomic E-state index is 12.8. The number of hydrogen-bond donors (Lipinski definition) is 0. The van der Waals surface area contributed by atoms with E-state index in [0.717, 1.165) is 10.8 Å². The lowest BCUT2D eigenvalue weighted by atomic mass is 10.0. The smallest absolute Gasteiger partial charge is 0.256 e. The van der Waals surface area contributed by atoms with E-state index in [1.54, 1.807) is 42.6 Å². The Hall–Kier alpha value is -2.01. The highest BCUT2D eigenvalue weighted by atomic mass is 32.2. The van der Waals surface area contributed by atoms with Gasteiger partial charge in [0.1, 0.15) is 0 Å². The second-order valence-corrected chi connectivity index (χ2v) is 5.57. The van der Waals surface area contributed by atoms with Gasteiger partial charge in [0.25, 0.3) is 0 Å². The summed E-state index contributed by atoms with van der Waals surface area (Å²) in [5.74, 6) is 0. The molecular formula is C16H10F3NS. The summed E-state index contributed by atoms with van der Waals surface area (Å²) in [6.07, 6.45) is 1.58. The highest BCUT2D eigenvalue weighted by molar-refractivity contribution is 8.00. The van der Waals surface area contributed by atoms with Crippen LogP contribution in [0.4, 0.5) is 13.2 Å². The number of fused-ring (bicyclic) bond motifs is 1. The summed E-state index contributed by atoms with van der Waals surface area (Å²) < 4.78 is 38.3. The zero-order valence-corrected chi connectivity index (χ0v) is 11.6. The van der Waals surface area contributed by atoms with E-state index in [-0.39, 0.29) is 16.7 Å². The monoisotopic (exact) mass is 305 g/mol. The molecule has 0 fully saturated rings. The minimum absolute atomic E-state index is 0.103. The SMILES string of the molecule is FC(F)(F)Sc1cc2ccccc2cc1-c1ccccn1. The highest BCUT2D eigenvalue weighted by Gasteiger charge is 2.30. The van der Waals surface area contributed by atoms with Crippen LogP contribution in [0.3, 0.4) is 0 Å². The summed E-state index contributed by atoms with van der Waals surface area (Å²) in [6.45, 7) is 0. The third-order valence-corrected chi connectivity index (χ3v) is 3.80. The van der Waals surface area contributed by atoms with Crippen molar-refractivity contribution in [1.29, 1.82) is 0 Å². The Bertz CT molecular complexity index is 769. The number of nitrogens with zero attached hydrogens (tertiary/aromatic N) is 1. The number of pyridine rings is 1. The molecule has 0 N–H and O–H groups in total. The van der Waals surface area contributed by atoms with Gasteiger partial charge in [-0.3, -0.25) is 4.98 Å². The molecule has 0 unspecified atom stereocenters. The Morgan fingerprint density at radius 2 is 1.52 bits per heavy atom. The molecule has 0 amide bonds. The fourth-order valence-electron chi connectivity index (χ4n) is 2.15. The first-order chi connectivity index (χ1) is 10.0. The van der Waals surface area contributed by atoms with E-state index in [1.807, 2.05) is 18.2 Å². The van der Waals surface area contributed by atoms with Gasteiger partial charge in [-0.25, -0.2) is 0 Å². The van der Waals surface area contributed by atoms with Crippen LogP contribution in [0.1, 0.15) is 0 Å². The lowest BCUT2D eigenvalue weighted by Crippen LogP contribution is -2.00. The standard InChI is InChI=1S/C16H10F3NS/c17-16(18,19)21-15-10-12-6-2-1-5-11(12)9-13(15)14-7-3-4-8-20-14/h1-10H. The fraction of sp³-hybridized carbons (Fsp3) is 0.0625. The Labute approximate surface area is 123 Å². The molecule has 0 bridgehead atoms. The molecular weight excluding hydrogens is 295 g/mol. The zero-order chi connectivity index (χ0) is 14.9. The van der Waals surface area contributed by atoms with Gasteiger partial charge in [0.2, 0.25) is 0 Å². The summed E-state index contributed by atoms with van der Waals surface area (Å²) in [5, 5.41) is 1.67. The van der Waals surface area contributed by atoms with Crippen molar-refractivity contribution >= 4 is 22.5 Å². The molecule has 0 saturated heterocycles. The third-order valence-electron chi connectivity index (χ3n) is 3.01. The van der Waals surface area contributed by atoms with Crippen LogP contribution in [0.15, 0.2) is 65.7 Å². The molecule has 3 rings (SSSR count). The quantitative estimate of drug-likeness (QED) is 0.579. The molecule has 5 heteroatoms. The fourth-order valence-corrected chi connectivity index (χ4v) is 2.86. The molecule has 0 saturated carbocycles. The van der Waals surface area contributed by atoms with Gasteiger partial charge < -0.3 is 0 Å². The molecule has 21 heavy (non-hydrogen) atoms. The van der Waals surface area contributed by atoms with Gasteiger partial charge in [0.05, 0.1) is 5.69 Å². The number of hydrogen-bond acceptors (Lipinski definition) is 2. The number of benzene rings is 2. The number of alkyl halides is 3. The van der Waals surface area contributed by atoms with Crippen LogP contribution in [0, 0.1) is 0 Å². The van der Waals surface area contributed by atoms with Crippen LogP contribution in [-0.4, -0.2) is 10.5 Å². The average Bonchev–Trinajstić information content (AvgIpc) is 2.46. The molecule has 1 aromatic heterocycles. The molecule has 106 valence electrons. The molecule has 0 aliphatic heterocycles. The Morgan fingerprint density at radius 3 is 2.14 bits per heavy atom. The van der Waals surface area contributed by atoms with Gasteiger partial charge in [-0.1, -0.05) is 30.3 Å². The van der Waals surface area contributed by atoms with Crippen molar-refractivity contribution in [2.45, 2.75) is 10.4 Å². The second-order valence-electron chi connectivity index (χ2n) is 4.46. The largest absolute Gasteiger partial charge is 0.446 e. The summed E-state index contributed by atoms with van der Waals surface area (Å²) >= 11 is -0.103. The molecule has 1 nitrogen and oxygen atoms in total. The zero-order valence-electron chi connectivity index (χ0n) is 10.8. The van der Waals surface area contributed by atoms with E-state index in [4.69, 9.17) is 0 Å². The normalized spacial score (nSPS) is 11.8. The average molecular weight is 305 g/mol. The van der Waals surface area contributed by atoms with Crippen molar-refractivity contribution in [2.24, 2.45) is 0 Å². The second kappa shape index (κ2) is 5.41. The summed E-state index contributed by atoms with van der Waals surface area (Å²) in [6, 6.07) is 15.9. The van der Waals surface area contributed by atoms with Crippen molar-refractivity contribution in [3.8, 4) is 11.3 Å². The molecule has 0 aliphatic carbocycles. The van der Waals surface area contributed by atoms with E-state index in [1.165, 1.54) is 0 Å². The summed E-state index contributed by atoms with van der Waals surface area (Å²) in [5.41, 5.74) is -3.29. The molecule has 0 spiro atoms. The van der Waals surface area contributed by atoms with Gasteiger partial charge in [0, 0.05) is 16.7 Å². The van der Waals surface area contributed by atoms with Gasteiger partial charge in [-0.15, -0.1) is 0 Å². The van der Waals surface area contributed by atoms with E-state index in [2.05, 4.69) is 4.98 Å². The topological polar surface area (TPSA) is 12.9 Å². The molecule has 1 heterocycles. The first-order valence-electron chi connectivity index (χ1n) is 6.23. The van der Waals surface area contributed by atoms with Gasteiger partial charge >= 0.3 is 5.51 Å². The van der Waals surface area contributed by atoms with Crippen molar-refractivity contribution in [3.05, 3.63) is 60.8 Å². The van der Waals surface area contributed by atoms with E-state index >= 15 is 0 Å². The van der Waals surface area contributed by atoms with Crippen molar-refractivity contribution < 1.29 is 13.2 Å².